The molecular formula is C16H14N2O3. The molecular weight excluding hydrogens is 268 g/mol. The van der Waals surface area contributed by atoms with Gasteiger partial charge in [0, 0.05) is 6.54 Å². The molecule has 0 fully saturated rings. The van der Waals surface area contributed by atoms with E-state index in [4.69, 9.17) is 14.2 Å². The van der Waals surface area contributed by atoms with E-state index >= 15 is 0 Å². The van der Waals surface area contributed by atoms with E-state index in [1.807, 2.05) is 24.3 Å². The molecule has 0 unspecified atom stereocenters. The molecule has 0 aromatic heterocycles. The number of anilines is 1. The number of hydrogen-bond acceptors (Lipinski definition) is 5. The summed E-state index contributed by atoms with van der Waals surface area (Å²) < 4.78 is 15.9. The zero-order valence-electron chi connectivity index (χ0n) is 11.6. The highest BCUT2D eigenvalue weighted by molar-refractivity contribution is 5.66. The first-order valence-electron chi connectivity index (χ1n) is 6.51. The first kappa shape index (κ1) is 13.1. The highest BCUT2D eigenvalue weighted by atomic mass is 16.7. The van der Waals surface area contributed by atoms with Crippen LogP contribution in [-0.4, -0.2) is 13.9 Å². The number of rotatable bonds is 4. The summed E-state index contributed by atoms with van der Waals surface area (Å²) in [5.41, 5.74) is 2.28. The Morgan fingerprint density at radius 2 is 2.10 bits per heavy atom. The molecule has 0 saturated carbocycles. The number of para-hydroxylation sites is 1. The van der Waals surface area contributed by atoms with E-state index in [0.29, 0.717) is 23.5 Å². The van der Waals surface area contributed by atoms with Crippen LogP contribution in [0.3, 0.4) is 0 Å². The fourth-order valence-electron chi connectivity index (χ4n) is 2.22. The largest absolute Gasteiger partial charge is 0.495 e. The maximum atomic E-state index is 9.18. The summed E-state index contributed by atoms with van der Waals surface area (Å²) in [6.45, 7) is 0.822. The minimum atomic E-state index is 0.261. The number of nitriles is 1. The van der Waals surface area contributed by atoms with Crippen LogP contribution in [0.15, 0.2) is 36.4 Å². The van der Waals surface area contributed by atoms with E-state index in [-0.39, 0.29) is 6.79 Å². The number of nitrogens with zero attached hydrogens (tertiary/aromatic N) is 1. The summed E-state index contributed by atoms with van der Waals surface area (Å²) in [5.74, 6) is 2.15. The van der Waals surface area contributed by atoms with Gasteiger partial charge >= 0.3 is 0 Å². The minimum Gasteiger partial charge on any atom is -0.495 e. The Hall–Kier alpha value is -2.87. The molecule has 0 atom stereocenters. The van der Waals surface area contributed by atoms with Gasteiger partial charge in [-0.3, -0.25) is 0 Å². The van der Waals surface area contributed by atoms with Gasteiger partial charge < -0.3 is 19.5 Å². The van der Waals surface area contributed by atoms with Crippen molar-refractivity contribution in [2.45, 2.75) is 6.54 Å². The van der Waals surface area contributed by atoms with Crippen LogP contribution in [0, 0.1) is 11.3 Å². The first-order valence-corrected chi connectivity index (χ1v) is 6.51. The van der Waals surface area contributed by atoms with Gasteiger partial charge in [0.2, 0.25) is 6.79 Å². The number of hydrogen-bond donors (Lipinski definition) is 1. The average Bonchev–Trinajstić information content (AvgIpc) is 3.00. The number of fused-ring (bicyclic) bond motifs is 1. The normalized spacial score (nSPS) is 11.8. The SMILES string of the molecule is COc1cccc(C#N)c1NCc1ccc2c(c1)OCO2. The summed E-state index contributed by atoms with van der Waals surface area (Å²) in [6.07, 6.45) is 0. The van der Waals surface area contributed by atoms with Crippen molar-refractivity contribution in [2.24, 2.45) is 0 Å². The van der Waals surface area contributed by atoms with Gasteiger partial charge in [0.25, 0.3) is 0 Å². The van der Waals surface area contributed by atoms with Crippen LogP contribution in [-0.2, 0) is 6.54 Å². The van der Waals surface area contributed by atoms with E-state index in [0.717, 1.165) is 17.1 Å². The van der Waals surface area contributed by atoms with Gasteiger partial charge in [0.05, 0.1) is 18.4 Å². The van der Waals surface area contributed by atoms with Crippen molar-refractivity contribution in [3.63, 3.8) is 0 Å². The molecule has 0 bridgehead atoms. The average molecular weight is 282 g/mol. The molecule has 2 aromatic rings. The van der Waals surface area contributed by atoms with Crippen LogP contribution in [0.1, 0.15) is 11.1 Å². The van der Waals surface area contributed by atoms with E-state index in [2.05, 4.69) is 11.4 Å². The summed E-state index contributed by atoms with van der Waals surface area (Å²) in [6, 6.07) is 13.3. The van der Waals surface area contributed by atoms with E-state index in [1.54, 1.807) is 19.2 Å². The lowest BCUT2D eigenvalue weighted by atomic mass is 10.1. The third-order valence-electron chi connectivity index (χ3n) is 3.27. The van der Waals surface area contributed by atoms with E-state index in [9.17, 15) is 5.26 Å². The predicted molar refractivity (Wildman–Crippen MR) is 77.6 cm³/mol. The highest BCUT2D eigenvalue weighted by Gasteiger charge is 2.14. The number of ether oxygens (including phenoxy) is 3. The second-order valence-electron chi connectivity index (χ2n) is 4.54. The highest BCUT2D eigenvalue weighted by Crippen LogP contribution is 2.33. The zero-order valence-corrected chi connectivity index (χ0v) is 11.6. The zero-order chi connectivity index (χ0) is 14.7. The lowest BCUT2D eigenvalue weighted by Crippen LogP contribution is -2.03. The lowest BCUT2D eigenvalue weighted by molar-refractivity contribution is 0.174. The number of methoxy groups -OCH3 is 1. The van der Waals surface area contributed by atoms with Gasteiger partial charge in [-0.25, -0.2) is 0 Å². The van der Waals surface area contributed by atoms with Gasteiger partial charge in [-0.2, -0.15) is 5.26 Å². The molecule has 1 aliphatic heterocycles. The Labute approximate surface area is 122 Å². The molecule has 106 valence electrons. The van der Waals surface area contributed by atoms with Crippen LogP contribution in [0.25, 0.3) is 0 Å². The Kier molecular flexibility index (Phi) is 3.52. The smallest absolute Gasteiger partial charge is 0.231 e. The van der Waals surface area contributed by atoms with Gasteiger partial charge in [-0.1, -0.05) is 12.1 Å². The molecule has 3 rings (SSSR count). The van der Waals surface area contributed by atoms with Crippen molar-refractivity contribution in [2.75, 3.05) is 19.2 Å². The third-order valence-corrected chi connectivity index (χ3v) is 3.27. The van der Waals surface area contributed by atoms with Gasteiger partial charge in [0.1, 0.15) is 11.8 Å². The standard InChI is InChI=1S/C16H14N2O3/c1-19-14-4-2-3-12(8-17)16(14)18-9-11-5-6-13-15(7-11)21-10-20-13/h2-7,18H,9-10H2,1H3. The first-order chi connectivity index (χ1) is 10.3. The molecule has 1 aliphatic rings. The fourth-order valence-corrected chi connectivity index (χ4v) is 2.22. The lowest BCUT2D eigenvalue weighted by Gasteiger charge is -2.12. The molecule has 0 saturated heterocycles. The minimum absolute atomic E-state index is 0.261. The summed E-state index contributed by atoms with van der Waals surface area (Å²) in [7, 11) is 1.59. The second-order valence-corrected chi connectivity index (χ2v) is 4.54. The van der Waals surface area contributed by atoms with Gasteiger partial charge in [-0.15, -0.1) is 0 Å². The Bertz CT molecular complexity index is 707. The Morgan fingerprint density at radius 3 is 2.90 bits per heavy atom. The van der Waals surface area contributed by atoms with Gasteiger partial charge in [0.15, 0.2) is 11.5 Å². The van der Waals surface area contributed by atoms with Crippen molar-refractivity contribution >= 4 is 5.69 Å². The number of benzene rings is 2. The van der Waals surface area contributed by atoms with Crippen molar-refractivity contribution < 1.29 is 14.2 Å². The van der Waals surface area contributed by atoms with Crippen LogP contribution < -0.4 is 19.5 Å². The van der Waals surface area contributed by atoms with E-state index < -0.39 is 0 Å². The van der Waals surface area contributed by atoms with Crippen molar-refractivity contribution in [3.05, 3.63) is 47.5 Å². The predicted octanol–water partition coefficient (Wildman–Crippen LogP) is 2.91. The monoisotopic (exact) mass is 282 g/mol. The molecule has 1 N–H and O–H groups in total. The third kappa shape index (κ3) is 2.56. The molecule has 0 radical (unpaired) electrons. The molecule has 0 spiro atoms. The summed E-state index contributed by atoms with van der Waals surface area (Å²) >= 11 is 0. The molecule has 1 heterocycles. The van der Waals surface area contributed by atoms with Crippen molar-refractivity contribution in [3.8, 4) is 23.3 Å². The molecule has 0 amide bonds. The van der Waals surface area contributed by atoms with Gasteiger partial charge in [-0.05, 0) is 29.8 Å². The maximum absolute atomic E-state index is 9.18. The Morgan fingerprint density at radius 1 is 1.24 bits per heavy atom. The van der Waals surface area contributed by atoms with Crippen LogP contribution in [0.2, 0.25) is 0 Å². The topological polar surface area (TPSA) is 63.5 Å². The molecule has 0 aliphatic carbocycles. The van der Waals surface area contributed by atoms with Crippen LogP contribution >= 0.6 is 0 Å². The quantitative estimate of drug-likeness (QED) is 0.934. The molecule has 5 heteroatoms. The molecule has 21 heavy (non-hydrogen) atoms. The Balaban J connectivity index is 1.81. The summed E-state index contributed by atoms with van der Waals surface area (Å²) in [4.78, 5) is 0. The molecule has 2 aromatic carbocycles. The fraction of sp³-hybridized carbons (Fsp3) is 0.188. The summed E-state index contributed by atoms with van der Waals surface area (Å²) in [5, 5.41) is 12.4. The van der Waals surface area contributed by atoms with Crippen molar-refractivity contribution in [1.82, 2.24) is 0 Å². The second kappa shape index (κ2) is 5.63. The maximum Gasteiger partial charge on any atom is 0.231 e. The number of nitrogens with one attached hydrogen (secondary N) is 1. The van der Waals surface area contributed by atoms with Crippen molar-refractivity contribution in [1.29, 1.82) is 5.26 Å². The molecule has 5 nitrogen and oxygen atoms in total. The van der Waals surface area contributed by atoms with Crippen LogP contribution in [0.4, 0.5) is 5.69 Å². The van der Waals surface area contributed by atoms with E-state index in [1.165, 1.54) is 0 Å². The van der Waals surface area contributed by atoms with Crippen LogP contribution in [0.5, 0.6) is 17.2 Å².